The molecule has 0 saturated carbocycles. The second-order valence-electron chi connectivity index (χ2n) is 7.30. The van der Waals surface area contributed by atoms with E-state index >= 15 is 0 Å². The van der Waals surface area contributed by atoms with Crippen LogP contribution in [0.5, 0.6) is 0 Å². The SMILES string of the molecule is CSc1ccccc1NC(=O)C[NH+](C)CC(=O)Nc1c(C)cccc1C(C)C. The summed E-state index contributed by atoms with van der Waals surface area (Å²) in [5, 5.41) is 5.97. The van der Waals surface area contributed by atoms with Gasteiger partial charge in [-0.05, 0) is 42.4 Å². The van der Waals surface area contributed by atoms with Gasteiger partial charge in [0.1, 0.15) is 0 Å². The highest BCUT2D eigenvalue weighted by Gasteiger charge is 2.17. The zero-order valence-corrected chi connectivity index (χ0v) is 18.1. The van der Waals surface area contributed by atoms with Gasteiger partial charge in [-0.2, -0.15) is 0 Å². The van der Waals surface area contributed by atoms with Gasteiger partial charge in [-0.15, -0.1) is 11.8 Å². The molecule has 0 aromatic heterocycles. The Morgan fingerprint density at radius 2 is 1.64 bits per heavy atom. The van der Waals surface area contributed by atoms with E-state index in [1.54, 1.807) is 11.8 Å². The monoisotopic (exact) mass is 400 g/mol. The van der Waals surface area contributed by atoms with E-state index in [1.807, 2.05) is 62.7 Å². The van der Waals surface area contributed by atoms with E-state index in [4.69, 9.17) is 0 Å². The van der Waals surface area contributed by atoms with E-state index in [-0.39, 0.29) is 24.9 Å². The van der Waals surface area contributed by atoms with Gasteiger partial charge in [0, 0.05) is 10.6 Å². The number of nitrogens with one attached hydrogen (secondary N) is 3. The van der Waals surface area contributed by atoms with Crippen LogP contribution >= 0.6 is 11.8 Å². The second kappa shape index (κ2) is 10.3. The van der Waals surface area contributed by atoms with Crippen molar-refractivity contribution in [2.75, 3.05) is 37.0 Å². The van der Waals surface area contributed by atoms with Crippen LogP contribution in [0.1, 0.15) is 30.9 Å². The maximum absolute atomic E-state index is 12.5. The molecule has 1 unspecified atom stereocenters. The van der Waals surface area contributed by atoms with Crippen molar-refractivity contribution in [3.63, 3.8) is 0 Å². The zero-order chi connectivity index (χ0) is 20.7. The number of amides is 2. The number of likely N-dealkylation sites (N-methyl/N-ethyl adjacent to an activating group) is 1. The number of para-hydroxylation sites is 2. The number of anilines is 2. The number of benzene rings is 2. The lowest BCUT2D eigenvalue weighted by Crippen LogP contribution is -3.11. The highest BCUT2D eigenvalue weighted by atomic mass is 32.2. The Morgan fingerprint density at radius 1 is 1.00 bits per heavy atom. The Morgan fingerprint density at radius 3 is 2.29 bits per heavy atom. The van der Waals surface area contributed by atoms with E-state index < -0.39 is 0 Å². The van der Waals surface area contributed by atoms with E-state index in [2.05, 4.69) is 24.5 Å². The molecule has 3 N–H and O–H groups in total. The molecule has 0 radical (unpaired) electrons. The molecule has 5 nitrogen and oxygen atoms in total. The summed E-state index contributed by atoms with van der Waals surface area (Å²) in [4.78, 5) is 26.7. The van der Waals surface area contributed by atoms with Gasteiger partial charge in [0.15, 0.2) is 13.1 Å². The van der Waals surface area contributed by atoms with Crippen molar-refractivity contribution < 1.29 is 14.5 Å². The van der Waals surface area contributed by atoms with Crippen LogP contribution in [0.25, 0.3) is 0 Å². The molecule has 0 heterocycles. The molecule has 2 aromatic carbocycles. The molecule has 0 aliphatic heterocycles. The minimum atomic E-state index is -0.106. The fraction of sp³-hybridized carbons (Fsp3) is 0.364. The first kappa shape index (κ1) is 22.0. The highest BCUT2D eigenvalue weighted by Crippen LogP contribution is 2.27. The van der Waals surface area contributed by atoms with E-state index in [9.17, 15) is 9.59 Å². The average molecular weight is 401 g/mol. The third kappa shape index (κ3) is 6.11. The Labute approximate surface area is 171 Å². The Bertz CT molecular complexity index is 836. The second-order valence-corrected chi connectivity index (χ2v) is 8.15. The molecule has 0 saturated heterocycles. The van der Waals surface area contributed by atoms with E-state index in [0.717, 1.165) is 32.3 Å². The first-order valence-electron chi connectivity index (χ1n) is 9.45. The summed E-state index contributed by atoms with van der Waals surface area (Å²) in [6, 6.07) is 13.7. The van der Waals surface area contributed by atoms with Gasteiger partial charge in [-0.25, -0.2) is 0 Å². The summed E-state index contributed by atoms with van der Waals surface area (Å²) in [5.74, 6) is 0.124. The lowest BCUT2D eigenvalue weighted by molar-refractivity contribution is -0.862. The van der Waals surface area contributed by atoms with Gasteiger partial charge >= 0.3 is 0 Å². The fourth-order valence-electron chi connectivity index (χ4n) is 3.08. The number of carbonyl (C=O) groups is 2. The number of hydrogen-bond acceptors (Lipinski definition) is 3. The third-order valence-electron chi connectivity index (χ3n) is 4.50. The lowest BCUT2D eigenvalue weighted by Gasteiger charge is -2.18. The lowest BCUT2D eigenvalue weighted by atomic mass is 9.98. The van der Waals surface area contributed by atoms with Gasteiger partial charge in [0.2, 0.25) is 0 Å². The van der Waals surface area contributed by atoms with Gasteiger partial charge in [0.05, 0.1) is 12.7 Å². The van der Waals surface area contributed by atoms with Crippen molar-refractivity contribution in [1.82, 2.24) is 0 Å². The minimum Gasteiger partial charge on any atom is -0.322 e. The fourth-order valence-corrected chi connectivity index (χ4v) is 3.63. The van der Waals surface area contributed by atoms with Crippen LogP contribution in [-0.4, -0.2) is 38.2 Å². The van der Waals surface area contributed by atoms with E-state index in [0.29, 0.717) is 5.92 Å². The molecule has 0 bridgehead atoms. The van der Waals surface area contributed by atoms with Crippen molar-refractivity contribution in [3.05, 3.63) is 53.6 Å². The Kier molecular flexibility index (Phi) is 8.08. The first-order chi connectivity index (χ1) is 13.3. The van der Waals surface area contributed by atoms with Crippen LogP contribution in [0, 0.1) is 6.92 Å². The molecule has 2 amide bonds. The molecular weight excluding hydrogens is 370 g/mol. The number of carbonyl (C=O) groups excluding carboxylic acids is 2. The Hall–Kier alpha value is -2.31. The summed E-state index contributed by atoms with van der Waals surface area (Å²) in [6.45, 7) is 6.66. The van der Waals surface area contributed by atoms with Crippen LogP contribution in [0.3, 0.4) is 0 Å². The summed E-state index contributed by atoms with van der Waals surface area (Å²) < 4.78 is 0. The maximum Gasteiger partial charge on any atom is 0.279 e. The first-order valence-corrected chi connectivity index (χ1v) is 10.7. The predicted molar refractivity (Wildman–Crippen MR) is 117 cm³/mol. The van der Waals surface area contributed by atoms with Gasteiger partial charge in [-0.3, -0.25) is 9.59 Å². The van der Waals surface area contributed by atoms with Crippen molar-refractivity contribution in [2.45, 2.75) is 31.6 Å². The molecular formula is C22H30N3O2S+. The van der Waals surface area contributed by atoms with Crippen LogP contribution < -0.4 is 15.5 Å². The predicted octanol–water partition coefficient (Wildman–Crippen LogP) is 2.93. The molecule has 150 valence electrons. The standard InChI is InChI=1S/C22H29N3O2S/c1-15(2)17-10-8-9-16(3)22(17)24-21(27)14-25(4)13-20(26)23-18-11-6-7-12-19(18)28-5/h6-12,15H,13-14H2,1-5H3,(H,23,26)(H,24,27)/p+1. The minimum absolute atomic E-state index is 0.0917. The molecule has 0 spiro atoms. The number of aryl methyl sites for hydroxylation is 1. The van der Waals surface area contributed by atoms with Crippen molar-refractivity contribution in [2.24, 2.45) is 0 Å². The highest BCUT2D eigenvalue weighted by molar-refractivity contribution is 7.98. The van der Waals surface area contributed by atoms with Crippen LogP contribution in [0.15, 0.2) is 47.4 Å². The molecule has 6 heteroatoms. The summed E-state index contributed by atoms with van der Waals surface area (Å²) in [7, 11) is 1.85. The molecule has 2 aromatic rings. The van der Waals surface area contributed by atoms with E-state index in [1.165, 1.54) is 0 Å². The van der Waals surface area contributed by atoms with Crippen molar-refractivity contribution in [3.8, 4) is 0 Å². The third-order valence-corrected chi connectivity index (χ3v) is 5.29. The smallest absolute Gasteiger partial charge is 0.279 e. The number of hydrogen-bond donors (Lipinski definition) is 3. The molecule has 0 aliphatic carbocycles. The molecule has 2 rings (SSSR count). The zero-order valence-electron chi connectivity index (χ0n) is 17.3. The number of quaternary nitrogens is 1. The molecule has 28 heavy (non-hydrogen) atoms. The largest absolute Gasteiger partial charge is 0.322 e. The molecule has 1 atom stereocenters. The normalized spacial score (nSPS) is 11.9. The van der Waals surface area contributed by atoms with Crippen molar-refractivity contribution in [1.29, 1.82) is 0 Å². The van der Waals surface area contributed by atoms with Gasteiger partial charge in [-0.1, -0.05) is 44.2 Å². The van der Waals surface area contributed by atoms with Crippen molar-refractivity contribution >= 4 is 35.0 Å². The summed E-state index contributed by atoms with van der Waals surface area (Å²) in [6.07, 6.45) is 1.98. The average Bonchev–Trinajstić information content (AvgIpc) is 2.63. The topological polar surface area (TPSA) is 62.6 Å². The van der Waals surface area contributed by atoms with Gasteiger partial charge < -0.3 is 15.5 Å². The molecule has 0 aliphatic rings. The van der Waals surface area contributed by atoms with Crippen LogP contribution in [-0.2, 0) is 9.59 Å². The summed E-state index contributed by atoms with van der Waals surface area (Å²) in [5.41, 5.74) is 3.86. The maximum atomic E-state index is 12.5. The molecule has 0 fully saturated rings. The Balaban J connectivity index is 1.93. The number of rotatable bonds is 8. The number of thioether (sulfide) groups is 1. The van der Waals surface area contributed by atoms with Crippen LogP contribution in [0.2, 0.25) is 0 Å². The van der Waals surface area contributed by atoms with Gasteiger partial charge in [0.25, 0.3) is 11.8 Å². The van der Waals surface area contributed by atoms with Crippen LogP contribution in [0.4, 0.5) is 11.4 Å². The quantitative estimate of drug-likeness (QED) is 0.597. The summed E-state index contributed by atoms with van der Waals surface area (Å²) >= 11 is 1.59.